The van der Waals surface area contributed by atoms with Gasteiger partial charge in [0.1, 0.15) is 17.1 Å². The van der Waals surface area contributed by atoms with Gasteiger partial charge in [0.15, 0.2) is 0 Å². The average Bonchev–Trinajstić information content (AvgIpc) is 2.19. The lowest BCUT2D eigenvalue weighted by Gasteiger charge is -2.10. The van der Waals surface area contributed by atoms with E-state index in [0.29, 0.717) is 6.42 Å². The molecule has 0 bridgehead atoms. The Morgan fingerprint density at radius 1 is 1.56 bits per heavy atom. The lowest BCUT2D eigenvalue weighted by atomic mass is 10.2. The fourth-order valence-corrected chi connectivity index (χ4v) is 1.13. The van der Waals surface area contributed by atoms with Crippen LogP contribution in [0.5, 0.6) is 5.75 Å². The van der Waals surface area contributed by atoms with Crippen LogP contribution in [-0.4, -0.2) is 28.9 Å². The van der Waals surface area contributed by atoms with E-state index in [1.807, 2.05) is 0 Å². The zero-order chi connectivity index (χ0) is 12.1. The Morgan fingerprint density at radius 2 is 2.25 bits per heavy atom. The van der Waals surface area contributed by atoms with Gasteiger partial charge in [-0.05, 0) is 25.1 Å². The average molecular weight is 228 g/mol. The number of carboxylic acids is 1. The van der Waals surface area contributed by atoms with Crippen molar-refractivity contribution in [3.8, 4) is 5.75 Å². The van der Waals surface area contributed by atoms with E-state index in [-0.39, 0.29) is 17.9 Å². The number of carboxylic acid groups (broad SMARTS) is 1. The number of halogens is 1. The Morgan fingerprint density at radius 3 is 2.81 bits per heavy atom. The van der Waals surface area contributed by atoms with Crippen LogP contribution in [0.25, 0.3) is 0 Å². The molecule has 0 heterocycles. The Balaban J connectivity index is 2.75. The highest BCUT2D eigenvalue weighted by Gasteiger charge is 2.12. The van der Waals surface area contributed by atoms with E-state index in [9.17, 15) is 9.18 Å². The fourth-order valence-electron chi connectivity index (χ4n) is 1.13. The van der Waals surface area contributed by atoms with Gasteiger partial charge >= 0.3 is 5.97 Å². The molecule has 0 aromatic heterocycles. The summed E-state index contributed by atoms with van der Waals surface area (Å²) in [6.07, 6.45) is -0.134. The maximum Gasteiger partial charge on any atom is 0.339 e. The molecular formula is C11H13FO4. The summed E-state index contributed by atoms with van der Waals surface area (Å²) in [5.41, 5.74) is -0.217. The topological polar surface area (TPSA) is 66.8 Å². The molecule has 0 fully saturated rings. The van der Waals surface area contributed by atoms with E-state index in [0.717, 1.165) is 12.1 Å². The third-order valence-corrected chi connectivity index (χ3v) is 1.97. The fraction of sp³-hybridized carbons (Fsp3) is 0.364. The van der Waals surface area contributed by atoms with E-state index >= 15 is 0 Å². The Kier molecular flexibility index (Phi) is 4.25. The van der Waals surface area contributed by atoms with E-state index < -0.39 is 17.9 Å². The summed E-state index contributed by atoms with van der Waals surface area (Å²) < 4.78 is 18.0. The molecule has 1 unspecified atom stereocenters. The van der Waals surface area contributed by atoms with Crippen LogP contribution in [0.4, 0.5) is 4.39 Å². The van der Waals surface area contributed by atoms with Crippen LogP contribution in [-0.2, 0) is 0 Å². The first-order valence-corrected chi connectivity index (χ1v) is 4.84. The van der Waals surface area contributed by atoms with E-state index in [2.05, 4.69) is 0 Å². The van der Waals surface area contributed by atoms with Gasteiger partial charge in [-0.25, -0.2) is 9.18 Å². The SMILES string of the molecule is CC(O)CCOc1ccc(F)cc1C(=O)O. The highest BCUT2D eigenvalue weighted by Crippen LogP contribution is 2.20. The predicted molar refractivity (Wildman–Crippen MR) is 55.2 cm³/mol. The van der Waals surface area contributed by atoms with Crippen molar-refractivity contribution in [3.05, 3.63) is 29.6 Å². The molecule has 0 amide bonds. The summed E-state index contributed by atoms with van der Waals surface area (Å²) in [5, 5.41) is 17.8. The third kappa shape index (κ3) is 3.51. The molecule has 1 aromatic rings. The molecule has 0 aliphatic rings. The zero-order valence-electron chi connectivity index (χ0n) is 8.81. The zero-order valence-corrected chi connectivity index (χ0v) is 8.81. The number of aliphatic hydroxyl groups is 1. The van der Waals surface area contributed by atoms with Crippen LogP contribution in [0, 0.1) is 5.82 Å². The van der Waals surface area contributed by atoms with Crippen molar-refractivity contribution < 1.29 is 24.1 Å². The number of ether oxygens (including phenoxy) is 1. The highest BCUT2D eigenvalue weighted by molar-refractivity contribution is 5.90. The number of hydrogen-bond donors (Lipinski definition) is 2. The summed E-state index contributed by atoms with van der Waals surface area (Å²) >= 11 is 0. The van der Waals surface area contributed by atoms with Gasteiger partial charge in [-0.3, -0.25) is 0 Å². The Bertz CT molecular complexity index is 376. The molecule has 88 valence electrons. The van der Waals surface area contributed by atoms with Gasteiger partial charge in [0.2, 0.25) is 0 Å². The van der Waals surface area contributed by atoms with Crippen molar-refractivity contribution in [2.45, 2.75) is 19.4 Å². The third-order valence-electron chi connectivity index (χ3n) is 1.97. The smallest absolute Gasteiger partial charge is 0.339 e. The molecule has 16 heavy (non-hydrogen) atoms. The molecule has 1 atom stereocenters. The lowest BCUT2D eigenvalue weighted by Crippen LogP contribution is -2.10. The molecule has 4 nitrogen and oxygen atoms in total. The Labute approximate surface area is 92.3 Å². The molecule has 1 aromatic carbocycles. The first-order valence-electron chi connectivity index (χ1n) is 4.84. The minimum absolute atomic E-state index is 0.106. The van der Waals surface area contributed by atoms with Crippen molar-refractivity contribution in [1.29, 1.82) is 0 Å². The largest absolute Gasteiger partial charge is 0.493 e. The monoisotopic (exact) mass is 228 g/mol. The first kappa shape index (κ1) is 12.4. The number of aromatic carboxylic acids is 1. The van der Waals surface area contributed by atoms with Crippen LogP contribution in [0.15, 0.2) is 18.2 Å². The summed E-state index contributed by atoms with van der Waals surface area (Å²) in [7, 11) is 0. The van der Waals surface area contributed by atoms with Gasteiger partial charge in [-0.1, -0.05) is 0 Å². The van der Waals surface area contributed by atoms with Crippen molar-refractivity contribution in [1.82, 2.24) is 0 Å². The van der Waals surface area contributed by atoms with Gasteiger partial charge in [-0.2, -0.15) is 0 Å². The van der Waals surface area contributed by atoms with Crippen molar-refractivity contribution in [3.63, 3.8) is 0 Å². The molecule has 0 spiro atoms. The first-order chi connectivity index (χ1) is 7.50. The van der Waals surface area contributed by atoms with E-state index in [4.69, 9.17) is 14.9 Å². The summed E-state index contributed by atoms with van der Waals surface area (Å²) in [6, 6.07) is 3.30. The van der Waals surface area contributed by atoms with Gasteiger partial charge in [0, 0.05) is 6.42 Å². The number of rotatable bonds is 5. The van der Waals surface area contributed by atoms with E-state index in [1.54, 1.807) is 6.92 Å². The van der Waals surface area contributed by atoms with Gasteiger partial charge in [-0.15, -0.1) is 0 Å². The molecule has 0 aliphatic heterocycles. The van der Waals surface area contributed by atoms with Crippen molar-refractivity contribution in [2.75, 3.05) is 6.61 Å². The maximum atomic E-state index is 12.8. The molecule has 1 rings (SSSR count). The number of aliphatic hydroxyl groups excluding tert-OH is 1. The number of carbonyl (C=O) groups is 1. The van der Waals surface area contributed by atoms with Gasteiger partial charge < -0.3 is 14.9 Å². The minimum atomic E-state index is -1.24. The molecule has 0 saturated carbocycles. The van der Waals surface area contributed by atoms with Crippen LogP contribution >= 0.6 is 0 Å². The van der Waals surface area contributed by atoms with Crippen molar-refractivity contribution in [2.24, 2.45) is 0 Å². The van der Waals surface area contributed by atoms with Crippen LogP contribution < -0.4 is 4.74 Å². The summed E-state index contributed by atoms with van der Waals surface area (Å²) in [5.74, 6) is -1.76. The van der Waals surface area contributed by atoms with Gasteiger partial charge in [0.05, 0.1) is 12.7 Å². The number of benzene rings is 1. The minimum Gasteiger partial charge on any atom is -0.493 e. The Hall–Kier alpha value is -1.62. The second-order valence-corrected chi connectivity index (χ2v) is 3.43. The lowest BCUT2D eigenvalue weighted by molar-refractivity contribution is 0.0691. The maximum absolute atomic E-state index is 12.8. The van der Waals surface area contributed by atoms with Crippen LogP contribution in [0.3, 0.4) is 0 Å². The summed E-state index contributed by atoms with van der Waals surface area (Å²) in [6.45, 7) is 1.79. The van der Waals surface area contributed by atoms with E-state index in [1.165, 1.54) is 6.07 Å². The number of hydrogen-bond acceptors (Lipinski definition) is 3. The highest BCUT2D eigenvalue weighted by atomic mass is 19.1. The second-order valence-electron chi connectivity index (χ2n) is 3.43. The van der Waals surface area contributed by atoms with Gasteiger partial charge in [0.25, 0.3) is 0 Å². The molecule has 0 radical (unpaired) electrons. The molecule has 5 heteroatoms. The molecule has 0 aliphatic carbocycles. The quantitative estimate of drug-likeness (QED) is 0.804. The van der Waals surface area contributed by atoms with Crippen LogP contribution in [0.1, 0.15) is 23.7 Å². The molecule has 2 N–H and O–H groups in total. The standard InChI is InChI=1S/C11H13FO4/c1-7(13)4-5-16-10-3-2-8(12)6-9(10)11(14)15/h2-3,6-7,13H,4-5H2,1H3,(H,14,15). The predicted octanol–water partition coefficient (Wildman–Crippen LogP) is 1.67. The van der Waals surface area contributed by atoms with Crippen LogP contribution in [0.2, 0.25) is 0 Å². The summed E-state index contributed by atoms with van der Waals surface area (Å²) in [4.78, 5) is 10.8. The molecule has 0 saturated heterocycles. The van der Waals surface area contributed by atoms with Crippen molar-refractivity contribution >= 4 is 5.97 Å². The molecular weight excluding hydrogens is 215 g/mol. The second kappa shape index (κ2) is 5.46. The normalized spacial score (nSPS) is 12.2.